The van der Waals surface area contributed by atoms with Gasteiger partial charge in [0, 0.05) is 5.39 Å². The zero-order valence-corrected chi connectivity index (χ0v) is 5.06. The van der Waals surface area contributed by atoms with Crippen LogP contribution in [0.25, 0.3) is 10.9 Å². The molecule has 0 aliphatic carbocycles. The van der Waals surface area contributed by atoms with Gasteiger partial charge in [-0.05, 0) is 18.2 Å². The predicted octanol–water partition coefficient (Wildman–Crippen LogP) is 1.50. The predicted molar refractivity (Wildman–Crippen MR) is 34.9 cm³/mol. The topological polar surface area (TPSA) is 28.7 Å². The number of aromatic amines is 1. The van der Waals surface area contributed by atoms with Crippen molar-refractivity contribution in [2.24, 2.45) is 0 Å². The Kier molecular flexibility index (Phi) is 0.974. The number of rotatable bonds is 0. The van der Waals surface area contributed by atoms with Gasteiger partial charge in [0.1, 0.15) is 11.3 Å². The summed E-state index contributed by atoms with van der Waals surface area (Å²) in [5.41, 5.74) is 0.443. The average molecular weight is 135 g/mol. The van der Waals surface area contributed by atoms with Crippen LogP contribution < -0.4 is 0 Å². The van der Waals surface area contributed by atoms with Crippen molar-refractivity contribution in [3.8, 4) is 0 Å². The molecule has 0 aliphatic rings. The van der Waals surface area contributed by atoms with Gasteiger partial charge in [-0.2, -0.15) is 5.10 Å². The molecule has 3 heteroatoms. The van der Waals surface area contributed by atoms with Crippen molar-refractivity contribution in [1.82, 2.24) is 10.2 Å². The Hall–Kier alpha value is -1.38. The van der Waals surface area contributed by atoms with Crippen molar-refractivity contribution in [1.29, 1.82) is 0 Å². The second-order valence-corrected chi connectivity index (χ2v) is 2.00. The summed E-state index contributed by atoms with van der Waals surface area (Å²) in [4.78, 5) is 0. The van der Waals surface area contributed by atoms with E-state index in [0.717, 1.165) is 5.39 Å². The molecule has 0 amide bonds. The molecule has 1 heterocycles. The van der Waals surface area contributed by atoms with Crippen LogP contribution in [-0.2, 0) is 0 Å². The number of hydrogen-bond acceptors (Lipinski definition) is 1. The van der Waals surface area contributed by atoms with E-state index in [1.807, 2.05) is 0 Å². The molecular weight excluding hydrogens is 131 g/mol. The smallest absolute Gasteiger partial charge is 0.149 e. The minimum absolute atomic E-state index is 0.310. The highest BCUT2D eigenvalue weighted by Crippen LogP contribution is 2.12. The van der Waals surface area contributed by atoms with E-state index < -0.39 is 0 Å². The summed E-state index contributed by atoms with van der Waals surface area (Å²) in [5.74, 6) is -0.310. The van der Waals surface area contributed by atoms with E-state index in [0.29, 0.717) is 5.52 Å². The van der Waals surface area contributed by atoms with Crippen LogP contribution in [0.5, 0.6) is 0 Å². The van der Waals surface area contributed by atoms with Gasteiger partial charge in [0.15, 0.2) is 0 Å². The summed E-state index contributed by atoms with van der Waals surface area (Å²) < 4.78 is 12.7. The lowest BCUT2D eigenvalue weighted by Crippen LogP contribution is -1.75. The lowest BCUT2D eigenvalue weighted by molar-refractivity contribution is 0.636. The van der Waals surface area contributed by atoms with Gasteiger partial charge in [-0.3, -0.25) is 5.10 Å². The fraction of sp³-hybridized carbons (Fsp3) is 0. The number of hydrogen-bond donors (Lipinski definition) is 1. The first-order valence-electron chi connectivity index (χ1n) is 2.86. The summed E-state index contributed by atoms with van der Waals surface area (Å²) in [6, 6.07) is 5.62. The molecule has 1 aromatic carbocycles. The molecular formula is C7H4FN2. The molecule has 0 saturated heterocycles. The van der Waals surface area contributed by atoms with Gasteiger partial charge >= 0.3 is 0 Å². The van der Waals surface area contributed by atoms with E-state index in [4.69, 9.17) is 0 Å². The van der Waals surface area contributed by atoms with E-state index in [1.165, 1.54) is 6.07 Å². The minimum atomic E-state index is -0.310. The van der Waals surface area contributed by atoms with Crippen molar-refractivity contribution >= 4 is 10.9 Å². The normalized spacial score (nSPS) is 10.5. The maximum atomic E-state index is 12.7. The van der Waals surface area contributed by atoms with Crippen LogP contribution in [0.15, 0.2) is 18.3 Å². The van der Waals surface area contributed by atoms with Gasteiger partial charge < -0.3 is 0 Å². The maximum absolute atomic E-state index is 12.7. The quantitative estimate of drug-likeness (QED) is 0.582. The lowest BCUT2D eigenvalue weighted by atomic mass is 10.2. The van der Waals surface area contributed by atoms with Crippen molar-refractivity contribution in [3.05, 3.63) is 30.2 Å². The lowest BCUT2D eigenvalue weighted by Gasteiger charge is -1.86. The van der Waals surface area contributed by atoms with Crippen LogP contribution in [0.4, 0.5) is 4.39 Å². The third kappa shape index (κ3) is 0.603. The Bertz CT molecular complexity index is 353. The molecule has 0 atom stereocenters. The average Bonchev–Trinajstić information content (AvgIpc) is 2.36. The maximum Gasteiger partial charge on any atom is 0.149 e. The van der Waals surface area contributed by atoms with Crippen molar-refractivity contribution in [2.75, 3.05) is 0 Å². The summed E-state index contributed by atoms with van der Waals surface area (Å²) in [7, 11) is 0. The fourth-order valence-electron chi connectivity index (χ4n) is 0.873. The zero-order chi connectivity index (χ0) is 6.97. The third-order valence-corrected chi connectivity index (χ3v) is 1.36. The van der Waals surface area contributed by atoms with Gasteiger partial charge in [-0.1, -0.05) is 0 Å². The summed E-state index contributed by atoms with van der Waals surface area (Å²) in [6.07, 6.45) is 1.56. The number of nitrogens with one attached hydrogen (secondary N) is 1. The van der Waals surface area contributed by atoms with Crippen LogP contribution in [0.2, 0.25) is 0 Å². The number of halogens is 1. The van der Waals surface area contributed by atoms with Gasteiger partial charge in [0.25, 0.3) is 0 Å². The van der Waals surface area contributed by atoms with Crippen LogP contribution in [0.1, 0.15) is 0 Å². The van der Waals surface area contributed by atoms with Crippen molar-refractivity contribution in [2.45, 2.75) is 0 Å². The summed E-state index contributed by atoms with van der Waals surface area (Å²) in [5, 5.41) is 6.97. The second kappa shape index (κ2) is 1.80. The Morgan fingerprint density at radius 2 is 2.40 bits per heavy atom. The molecule has 2 aromatic rings. The standard InChI is InChI=1S/C7H4FN2/c8-6-3-1-2-5-4-9-10-7(5)6/h2-4H,(H,9,10). The van der Waals surface area contributed by atoms with Crippen LogP contribution >= 0.6 is 0 Å². The SMILES string of the molecule is Fc1c[c]cc2cn[nH]c12. The number of fused-ring (bicyclic) bond motifs is 1. The monoisotopic (exact) mass is 135 g/mol. The van der Waals surface area contributed by atoms with Crippen LogP contribution in [0.3, 0.4) is 0 Å². The Balaban J connectivity index is 2.95. The molecule has 2 rings (SSSR count). The Morgan fingerprint density at radius 3 is 3.20 bits per heavy atom. The number of benzene rings is 1. The third-order valence-electron chi connectivity index (χ3n) is 1.36. The largest absolute Gasteiger partial charge is 0.275 e. The molecule has 1 aromatic heterocycles. The van der Waals surface area contributed by atoms with Crippen LogP contribution in [-0.4, -0.2) is 10.2 Å². The molecule has 0 spiro atoms. The van der Waals surface area contributed by atoms with Gasteiger partial charge in [-0.15, -0.1) is 0 Å². The molecule has 1 N–H and O–H groups in total. The minimum Gasteiger partial charge on any atom is -0.275 e. The highest BCUT2D eigenvalue weighted by atomic mass is 19.1. The van der Waals surface area contributed by atoms with E-state index in [1.54, 1.807) is 12.3 Å². The van der Waals surface area contributed by atoms with E-state index in [2.05, 4.69) is 16.3 Å². The van der Waals surface area contributed by atoms with Gasteiger partial charge in [-0.25, -0.2) is 4.39 Å². The summed E-state index contributed by atoms with van der Waals surface area (Å²) >= 11 is 0. The highest BCUT2D eigenvalue weighted by Gasteiger charge is 1.98. The van der Waals surface area contributed by atoms with E-state index >= 15 is 0 Å². The zero-order valence-electron chi connectivity index (χ0n) is 5.06. The molecule has 0 saturated carbocycles. The second-order valence-electron chi connectivity index (χ2n) is 2.00. The molecule has 0 fully saturated rings. The first-order chi connectivity index (χ1) is 4.88. The first-order valence-corrected chi connectivity index (χ1v) is 2.86. The first kappa shape index (κ1) is 5.41. The van der Waals surface area contributed by atoms with E-state index in [9.17, 15) is 4.39 Å². The molecule has 1 radical (unpaired) electrons. The van der Waals surface area contributed by atoms with E-state index in [-0.39, 0.29) is 5.82 Å². The highest BCUT2D eigenvalue weighted by molar-refractivity contribution is 5.77. The number of aromatic nitrogens is 2. The van der Waals surface area contributed by atoms with Gasteiger partial charge in [0.2, 0.25) is 0 Å². The Labute approximate surface area is 56.7 Å². The molecule has 49 valence electrons. The molecule has 10 heavy (non-hydrogen) atoms. The number of H-pyrrole nitrogens is 1. The van der Waals surface area contributed by atoms with Crippen molar-refractivity contribution in [3.63, 3.8) is 0 Å². The number of nitrogens with zero attached hydrogens (tertiary/aromatic N) is 1. The molecule has 0 unspecified atom stereocenters. The fourth-order valence-corrected chi connectivity index (χ4v) is 0.873. The van der Waals surface area contributed by atoms with Crippen LogP contribution in [0, 0.1) is 11.9 Å². The molecule has 0 bridgehead atoms. The molecule has 2 nitrogen and oxygen atoms in total. The Morgan fingerprint density at radius 1 is 1.50 bits per heavy atom. The van der Waals surface area contributed by atoms with Crippen molar-refractivity contribution < 1.29 is 4.39 Å². The summed E-state index contributed by atoms with van der Waals surface area (Å²) in [6.45, 7) is 0. The molecule has 0 aliphatic heterocycles. The van der Waals surface area contributed by atoms with Gasteiger partial charge in [0.05, 0.1) is 6.20 Å².